The Bertz CT molecular complexity index is 791. The average Bonchev–Trinajstić information content (AvgIpc) is 3.06. The van der Waals surface area contributed by atoms with Crippen LogP contribution in [0.15, 0.2) is 24.3 Å². The van der Waals surface area contributed by atoms with Gasteiger partial charge in [0.2, 0.25) is 0 Å². The van der Waals surface area contributed by atoms with Gasteiger partial charge in [-0.1, -0.05) is 24.3 Å². The summed E-state index contributed by atoms with van der Waals surface area (Å²) in [5, 5.41) is 0. The number of ether oxygens (including phenoxy) is 1. The zero-order valence-electron chi connectivity index (χ0n) is 18.8. The van der Waals surface area contributed by atoms with E-state index in [4.69, 9.17) is 14.0 Å². The molecule has 3 heterocycles. The van der Waals surface area contributed by atoms with Crippen molar-refractivity contribution >= 4 is 18.5 Å². The van der Waals surface area contributed by atoms with Gasteiger partial charge in [-0.15, -0.1) is 0 Å². The molecule has 1 aliphatic carbocycles. The maximum absolute atomic E-state index is 12.6. The molecule has 5 rings (SSSR count). The molecule has 162 valence electrons. The third kappa shape index (κ3) is 3.41. The molecule has 30 heavy (non-hydrogen) atoms. The molecule has 3 saturated heterocycles. The molecule has 4 fully saturated rings. The third-order valence-electron chi connectivity index (χ3n) is 8.33. The second-order valence-electron chi connectivity index (χ2n) is 10.7. The minimum atomic E-state index is -0.314. The lowest BCUT2D eigenvalue weighted by Crippen LogP contribution is -2.44. The Kier molecular flexibility index (Phi) is 4.84. The predicted octanol–water partition coefficient (Wildman–Crippen LogP) is 3.26. The molecule has 1 spiro atoms. The molecule has 2 atom stereocenters. The minimum Gasteiger partial charge on any atom is -0.399 e. The molecular formula is C24H34BNO4. The van der Waals surface area contributed by atoms with Crippen molar-refractivity contribution in [3.8, 4) is 0 Å². The van der Waals surface area contributed by atoms with E-state index >= 15 is 0 Å². The highest BCUT2D eigenvalue weighted by Crippen LogP contribution is 2.64. The highest BCUT2D eigenvalue weighted by Gasteiger charge is 2.56. The number of nitrogens with zero attached hydrogens (tertiary/aromatic N) is 1. The summed E-state index contributed by atoms with van der Waals surface area (Å²) in [6.45, 7) is 10.8. The zero-order chi connectivity index (χ0) is 21.1. The van der Waals surface area contributed by atoms with E-state index in [1.807, 2.05) is 4.90 Å². The van der Waals surface area contributed by atoms with Crippen LogP contribution < -0.4 is 5.46 Å². The van der Waals surface area contributed by atoms with Crippen LogP contribution in [0.2, 0.25) is 0 Å². The minimum absolute atomic E-state index is 0.184. The predicted molar refractivity (Wildman–Crippen MR) is 117 cm³/mol. The van der Waals surface area contributed by atoms with Gasteiger partial charge >= 0.3 is 7.12 Å². The van der Waals surface area contributed by atoms with Gasteiger partial charge in [0, 0.05) is 19.7 Å². The number of carbonyl (C=O) groups excluding carboxylic acids is 1. The van der Waals surface area contributed by atoms with Crippen LogP contribution >= 0.6 is 0 Å². The molecule has 3 aliphatic heterocycles. The molecule has 0 radical (unpaired) electrons. The van der Waals surface area contributed by atoms with Crippen LogP contribution in [-0.2, 0) is 18.8 Å². The SMILES string of the molecule is CC1(C)OB(c2ccc([C@@H]3CC34CCN(C(=O)C3CCCO3)CC4)cc2)OC1(C)C. The molecule has 4 aliphatic rings. The van der Waals surface area contributed by atoms with Gasteiger partial charge in [-0.2, -0.15) is 0 Å². The fraction of sp³-hybridized carbons (Fsp3) is 0.708. The van der Waals surface area contributed by atoms with Crippen LogP contribution in [0.1, 0.15) is 71.3 Å². The van der Waals surface area contributed by atoms with Crippen molar-refractivity contribution in [3.63, 3.8) is 0 Å². The number of amides is 1. The summed E-state index contributed by atoms with van der Waals surface area (Å²) in [6.07, 6.45) is 5.17. The monoisotopic (exact) mass is 411 g/mol. The molecule has 0 bridgehead atoms. The van der Waals surface area contributed by atoms with Crippen molar-refractivity contribution in [2.24, 2.45) is 5.41 Å². The summed E-state index contributed by atoms with van der Waals surface area (Å²) in [4.78, 5) is 14.7. The van der Waals surface area contributed by atoms with Gasteiger partial charge in [-0.05, 0) is 82.2 Å². The molecule has 1 amide bonds. The summed E-state index contributed by atoms with van der Waals surface area (Å²) >= 11 is 0. The topological polar surface area (TPSA) is 48.0 Å². The molecular weight excluding hydrogens is 377 g/mol. The van der Waals surface area contributed by atoms with Crippen LogP contribution in [0.25, 0.3) is 0 Å². The van der Waals surface area contributed by atoms with Gasteiger partial charge < -0.3 is 18.9 Å². The molecule has 1 aromatic rings. The summed E-state index contributed by atoms with van der Waals surface area (Å²) in [7, 11) is -0.302. The fourth-order valence-corrected chi connectivity index (χ4v) is 5.38. The smallest absolute Gasteiger partial charge is 0.399 e. The number of piperidine rings is 1. The van der Waals surface area contributed by atoms with E-state index in [2.05, 4.69) is 52.0 Å². The number of benzene rings is 1. The van der Waals surface area contributed by atoms with Gasteiger partial charge in [0.05, 0.1) is 11.2 Å². The standard InChI is InChI=1S/C24H34BNO4/c1-22(2)23(3,4)30-25(29-22)18-9-7-17(8-10-18)19-16-24(19)11-13-26(14-12-24)21(27)20-6-5-15-28-20/h7-10,19-20H,5-6,11-16H2,1-4H3/t19-,20?/m0/s1. The van der Waals surface area contributed by atoms with E-state index in [0.29, 0.717) is 11.3 Å². The first-order chi connectivity index (χ1) is 14.2. The Morgan fingerprint density at radius 1 is 1.03 bits per heavy atom. The molecule has 0 aromatic heterocycles. The van der Waals surface area contributed by atoms with E-state index in [-0.39, 0.29) is 30.3 Å². The van der Waals surface area contributed by atoms with Crippen molar-refractivity contribution in [2.75, 3.05) is 19.7 Å². The van der Waals surface area contributed by atoms with E-state index in [0.717, 1.165) is 50.8 Å². The molecule has 1 unspecified atom stereocenters. The maximum atomic E-state index is 12.6. The molecule has 1 aromatic carbocycles. The van der Waals surface area contributed by atoms with E-state index in [9.17, 15) is 4.79 Å². The second-order valence-corrected chi connectivity index (χ2v) is 10.7. The van der Waals surface area contributed by atoms with Gasteiger partial charge in [0.25, 0.3) is 5.91 Å². The Balaban J connectivity index is 1.19. The van der Waals surface area contributed by atoms with Gasteiger partial charge in [-0.25, -0.2) is 0 Å². The largest absolute Gasteiger partial charge is 0.494 e. The normalized spacial score (nSPS) is 31.3. The number of carbonyl (C=O) groups is 1. The van der Waals surface area contributed by atoms with Gasteiger partial charge in [0.15, 0.2) is 0 Å². The quantitative estimate of drug-likeness (QED) is 0.717. The van der Waals surface area contributed by atoms with Crippen molar-refractivity contribution in [2.45, 2.75) is 83.0 Å². The number of rotatable bonds is 3. The first-order valence-corrected chi connectivity index (χ1v) is 11.6. The van der Waals surface area contributed by atoms with E-state index in [1.54, 1.807) is 0 Å². The molecule has 6 heteroatoms. The lowest BCUT2D eigenvalue weighted by Gasteiger charge is -2.34. The summed E-state index contributed by atoms with van der Waals surface area (Å²) < 4.78 is 18.0. The van der Waals surface area contributed by atoms with Crippen molar-refractivity contribution in [1.82, 2.24) is 4.90 Å². The zero-order valence-corrected chi connectivity index (χ0v) is 18.8. The third-order valence-corrected chi connectivity index (χ3v) is 8.33. The van der Waals surface area contributed by atoms with Crippen LogP contribution in [-0.4, -0.2) is 54.9 Å². The molecule has 0 N–H and O–H groups in total. The molecule has 1 saturated carbocycles. The number of hydrogen-bond donors (Lipinski definition) is 0. The Morgan fingerprint density at radius 3 is 2.23 bits per heavy atom. The number of likely N-dealkylation sites (tertiary alicyclic amines) is 1. The van der Waals surface area contributed by atoms with Crippen molar-refractivity contribution < 1.29 is 18.8 Å². The average molecular weight is 411 g/mol. The maximum Gasteiger partial charge on any atom is 0.494 e. The lowest BCUT2D eigenvalue weighted by atomic mass is 9.78. The van der Waals surface area contributed by atoms with Crippen LogP contribution in [0.5, 0.6) is 0 Å². The summed E-state index contributed by atoms with van der Waals surface area (Å²) in [6, 6.07) is 8.84. The first kappa shape index (κ1) is 20.5. The van der Waals surface area contributed by atoms with E-state index < -0.39 is 0 Å². The fourth-order valence-electron chi connectivity index (χ4n) is 5.38. The molecule has 5 nitrogen and oxygen atoms in total. The second kappa shape index (κ2) is 7.08. The van der Waals surface area contributed by atoms with Crippen LogP contribution in [0.4, 0.5) is 0 Å². The summed E-state index contributed by atoms with van der Waals surface area (Å²) in [5.74, 6) is 0.830. The Labute approximate surface area is 180 Å². The highest BCUT2D eigenvalue weighted by atomic mass is 16.7. The first-order valence-electron chi connectivity index (χ1n) is 11.6. The lowest BCUT2D eigenvalue weighted by molar-refractivity contribution is -0.142. The van der Waals surface area contributed by atoms with E-state index in [1.165, 1.54) is 12.0 Å². The van der Waals surface area contributed by atoms with Gasteiger partial charge in [-0.3, -0.25) is 4.79 Å². The number of hydrogen-bond acceptors (Lipinski definition) is 4. The van der Waals surface area contributed by atoms with Crippen LogP contribution in [0.3, 0.4) is 0 Å². The van der Waals surface area contributed by atoms with Gasteiger partial charge in [0.1, 0.15) is 6.10 Å². The highest BCUT2D eigenvalue weighted by molar-refractivity contribution is 6.62. The summed E-state index contributed by atoms with van der Waals surface area (Å²) in [5.41, 5.74) is 2.26. The van der Waals surface area contributed by atoms with Crippen molar-refractivity contribution in [3.05, 3.63) is 29.8 Å². The Morgan fingerprint density at radius 2 is 1.67 bits per heavy atom. The van der Waals surface area contributed by atoms with Crippen molar-refractivity contribution in [1.29, 1.82) is 0 Å². The van der Waals surface area contributed by atoms with Crippen LogP contribution in [0, 0.1) is 5.41 Å². The Hall–Kier alpha value is -1.37.